The molecule has 4 aromatic rings. The molecule has 0 unspecified atom stereocenters. The first-order valence-electron chi connectivity index (χ1n) is 12.1. The number of aliphatic imine (C=N–C) groups is 1. The van der Waals surface area contributed by atoms with E-state index in [0.29, 0.717) is 17.8 Å². The summed E-state index contributed by atoms with van der Waals surface area (Å²) < 4.78 is 0. The molecular weight excluding hydrogens is 507 g/mol. The topological polar surface area (TPSA) is 71.9 Å². The van der Waals surface area contributed by atoms with Gasteiger partial charge in [0.25, 0.3) is 0 Å². The van der Waals surface area contributed by atoms with Crippen LogP contribution in [-0.2, 0) is 4.79 Å². The van der Waals surface area contributed by atoms with Crippen LogP contribution in [0.4, 0.5) is 11.4 Å². The molecule has 1 amide bonds. The molecule has 1 fully saturated rings. The van der Waals surface area contributed by atoms with Crippen LogP contribution >= 0.6 is 24.8 Å². The number of nitrogens with zero attached hydrogens (tertiary/aromatic N) is 3. The molecule has 0 spiro atoms. The summed E-state index contributed by atoms with van der Waals surface area (Å²) in [6.07, 6.45) is 3.59. The van der Waals surface area contributed by atoms with Gasteiger partial charge in [0.1, 0.15) is 0 Å². The number of amides is 1. The summed E-state index contributed by atoms with van der Waals surface area (Å²) in [7, 11) is 1.82. The van der Waals surface area contributed by atoms with E-state index in [-0.39, 0.29) is 36.6 Å². The molecule has 194 valence electrons. The molecule has 0 aliphatic carbocycles. The number of anilines is 1. The van der Waals surface area contributed by atoms with Crippen molar-refractivity contribution in [1.29, 1.82) is 0 Å². The van der Waals surface area contributed by atoms with E-state index in [9.17, 15) is 9.90 Å². The molecule has 0 radical (unpaired) electrons. The van der Waals surface area contributed by atoms with Crippen molar-refractivity contribution in [2.24, 2.45) is 4.99 Å². The number of hydrogen-bond acceptors (Lipinski definition) is 4. The average Bonchev–Trinajstić information content (AvgIpc) is 3.23. The molecule has 2 heterocycles. The highest BCUT2D eigenvalue weighted by molar-refractivity contribution is 6.21. The lowest BCUT2D eigenvalue weighted by Crippen LogP contribution is -2.40. The molecule has 37 heavy (non-hydrogen) atoms. The number of para-hydroxylation sites is 1. The fourth-order valence-corrected chi connectivity index (χ4v) is 4.67. The third-order valence-corrected chi connectivity index (χ3v) is 6.63. The van der Waals surface area contributed by atoms with Crippen LogP contribution in [0.5, 0.6) is 5.88 Å². The molecular formula is C29H32Cl2N4O2. The lowest BCUT2D eigenvalue weighted by atomic mass is 10.0. The van der Waals surface area contributed by atoms with Crippen molar-refractivity contribution in [3.8, 4) is 5.88 Å². The minimum atomic E-state index is 0. The molecule has 8 heteroatoms. The van der Waals surface area contributed by atoms with E-state index in [1.807, 2.05) is 85.9 Å². The van der Waals surface area contributed by atoms with E-state index >= 15 is 0 Å². The van der Waals surface area contributed by atoms with Gasteiger partial charge >= 0.3 is 0 Å². The van der Waals surface area contributed by atoms with Gasteiger partial charge in [-0.1, -0.05) is 55.0 Å². The lowest BCUT2D eigenvalue weighted by Gasteiger charge is -2.28. The van der Waals surface area contributed by atoms with Gasteiger partial charge in [0, 0.05) is 29.2 Å². The van der Waals surface area contributed by atoms with Gasteiger partial charge in [0.05, 0.1) is 23.5 Å². The second-order valence-corrected chi connectivity index (χ2v) is 9.03. The zero-order chi connectivity index (χ0) is 24.2. The van der Waals surface area contributed by atoms with Crippen molar-refractivity contribution in [3.05, 3.63) is 90.0 Å². The Balaban J connectivity index is 0.00000190. The van der Waals surface area contributed by atoms with E-state index in [0.717, 1.165) is 40.9 Å². The molecule has 1 aromatic heterocycles. The van der Waals surface area contributed by atoms with Gasteiger partial charge in [0.15, 0.2) is 5.88 Å². The Morgan fingerprint density at radius 3 is 2.27 bits per heavy atom. The van der Waals surface area contributed by atoms with Crippen LogP contribution in [0.25, 0.3) is 10.9 Å². The van der Waals surface area contributed by atoms with Crippen molar-refractivity contribution in [2.45, 2.75) is 19.3 Å². The number of likely N-dealkylation sites (tertiary alicyclic amines) is 1. The van der Waals surface area contributed by atoms with Gasteiger partial charge in [-0.15, -0.1) is 24.8 Å². The number of aromatic amines is 1. The maximum atomic E-state index is 12.8. The zero-order valence-corrected chi connectivity index (χ0v) is 22.4. The van der Waals surface area contributed by atoms with Gasteiger partial charge in [-0.2, -0.15) is 0 Å². The third-order valence-electron chi connectivity index (χ3n) is 6.63. The highest BCUT2D eigenvalue weighted by Gasteiger charge is 2.19. The minimum Gasteiger partial charge on any atom is -0.494 e. The number of halogens is 2. The zero-order valence-electron chi connectivity index (χ0n) is 20.8. The van der Waals surface area contributed by atoms with Gasteiger partial charge in [0.2, 0.25) is 5.91 Å². The maximum Gasteiger partial charge on any atom is 0.240 e. The smallest absolute Gasteiger partial charge is 0.240 e. The number of benzene rings is 3. The predicted octanol–water partition coefficient (Wildman–Crippen LogP) is 6.33. The Morgan fingerprint density at radius 1 is 0.919 bits per heavy atom. The first kappa shape index (κ1) is 28.3. The number of hydrogen-bond donors (Lipinski definition) is 2. The van der Waals surface area contributed by atoms with Crippen LogP contribution in [0, 0.1) is 0 Å². The standard InChI is InChI=1S/C29H30N4O2.2ClH/c1-32(26(34)20-33-18-8-3-9-19-33)23-16-14-22(15-17-23)30-28(21-10-4-2-5-11-21)27-24-12-6-7-13-25(24)31-29(27)35;;/h2,4-7,10-17,31,35H,3,8-9,18-20H2,1H3;2*1H. The van der Waals surface area contributed by atoms with Crippen molar-refractivity contribution in [3.63, 3.8) is 0 Å². The first-order chi connectivity index (χ1) is 17.1. The monoisotopic (exact) mass is 538 g/mol. The predicted molar refractivity (Wildman–Crippen MR) is 156 cm³/mol. The fraction of sp³-hybridized carbons (Fsp3) is 0.241. The Kier molecular flexibility index (Phi) is 9.75. The highest BCUT2D eigenvalue weighted by Crippen LogP contribution is 2.31. The van der Waals surface area contributed by atoms with Gasteiger partial charge < -0.3 is 15.0 Å². The fourth-order valence-electron chi connectivity index (χ4n) is 4.67. The summed E-state index contributed by atoms with van der Waals surface area (Å²) in [5.41, 5.74) is 4.70. The van der Waals surface area contributed by atoms with Crippen LogP contribution in [0.15, 0.2) is 83.9 Å². The average molecular weight is 540 g/mol. The number of nitrogens with one attached hydrogen (secondary N) is 1. The summed E-state index contributed by atoms with van der Waals surface area (Å²) in [5, 5.41) is 11.7. The van der Waals surface area contributed by atoms with Crippen molar-refractivity contribution < 1.29 is 9.90 Å². The molecule has 0 bridgehead atoms. The van der Waals surface area contributed by atoms with Gasteiger partial charge in [-0.05, 0) is 56.3 Å². The molecule has 1 aliphatic heterocycles. The summed E-state index contributed by atoms with van der Waals surface area (Å²) in [4.78, 5) is 24.8. The Bertz CT molecular complexity index is 1350. The summed E-state index contributed by atoms with van der Waals surface area (Å²) in [6, 6.07) is 25.3. The number of piperidine rings is 1. The van der Waals surface area contributed by atoms with Gasteiger partial charge in [-0.25, -0.2) is 4.99 Å². The number of aromatic hydroxyl groups is 1. The van der Waals surface area contributed by atoms with E-state index in [1.54, 1.807) is 4.90 Å². The number of fused-ring (bicyclic) bond motifs is 1. The summed E-state index contributed by atoms with van der Waals surface area (Å²) in [5.74, 6) is 0.185. The second kappa shape index (κ2) is 12.8. The number of aromatic nitrogens is 1. The van der Waals surface area contributed by atoms with Gasteiger partial charge in [-0.3, -0.25) is 9.69 Å². The van der Waals surface area contributed by atoms with Crippen LogP contribution in [0.3, 0.4) is 0 Å². The largest absolute Gasteiger partial charge is 0.494 e. The molecule has 0 saturated carbocycles. The molecule has 5 rings (SSSR count). The highest BCUT2D eigenvalue weighted by atomic mass is 35.5. The van der Waals surface area contributed by atoms with E-state index < -0.39 is 0 Å². The van der Waals surface area contributed by atoms with E-state index in [1.165, 1.54) is 19.3 Å². The lowest BCUT2D eigenvalue weighted by molar-refractivity contribution is -0.119. The number of carbonyl (C=O) groups is 1. The van der Waals surface area contributed by atoms with Crippen molar-refractivity contribution in [2.75, 3.05) is 31.6 Å². The van der Waals surface area contributed by atoms with E-state index in [4.69, 9.17) is 4.99 Å². The second-order valence-electron chi connectivity index (χ2n) is 9.03. The van der Waals surface area contributed by atoms with Crippen molar-refractivity contribution >= 4 is 58.7 Å². The summed E-state index contributed by atoms with van der Waals surface area (Å²) >= 11 is 0. The van der Waals surface area contributed by atoms with Crippen LogP contribution in [0.1, 0.15) is 30.4 Å². The molecule has 1 aliphatic rings. The molecule has 0 atom stereocenters. The van der Waals surface area contributed by atoms with E-state index in [2.05, 4.69) is 9.88 Å². The van der Waals surface area contributed by atoms with Crippen molar-refractivity contribution in [1.82, 2.24) is 9.88 Å². The summed E-state index contributed by atoms with van der Waals surface area (Å²) in [6.45, 7) is 2.45. The third kappa shape index (κ3) is 6.34. The first-order valence-corrected chi connectivity index (χ1v) is 12.1. The Morgan fingerprint density at radius 2 is 1.57 bits per heavy atom. The van der Waals surface area contributed by atoms with Crippen LogP contribution in [0.2, 0.25) is 0 Å². The SMILES string of the molecule is CN(C(=O)CN1CCCCC1)c1ccc(N=C(c2ccccc2)c2c(O)[nH]c3ccccc23)cc1.Cl.Cl. The number of carbonyl (C=O) groups excluding carboxylic acids is 1. The normalized spacial score (nSPS) is 14.0. The van der Waals surface area contributed by atoms with Crippen LogP contribution < -0.4 is 4.90 Å². The quantitative estimate of drug-likeness (QED) is 0.281. The minimum absolute atomic E-state index is 0. The Hall–Kier alpha value is -3.32. The van der Waals surface area contributed by atoms with Crippen LogP contribution in [-0.4, -0.2) is 53.3 Å². The maximum absolute atomic E-state index is 12.8. The molecule has 6 nitrogen and oxygen atoms in total. The molecule has 2 N–H and O–H groups in total. The number of rotatable bonds is 6. The Labute approximate surface area is 229 Å². The molecule has 1 saturated heterocycles. The number of likely N-dealkylation sites (N-methyl/N-ethyl adjacent to an activating group) is 1. The number of H-pyrrole nitrogens is 1. The molecule has 3 aromatic carbocycles.